The van der Waals surface area contributed by atoms with Crippen LogP contribution in [0, 0.1) is 5.82 Å². The molecule has 2 heterocycles. The van der Waals surface area contributed by atoms with Crippen molar-refractivity contribution < 1.29 is 9.18 Å². The monoisotopic (exact) mass is 272 g/mol. The maximum absolute atomic E-state index is 13.2. The van der Waals surface area contributed by atoms with E-state index in [-0.39, 0.29) is 11.7 Å². The maximum Gasteiger partial charge on any atom is 0.222 e. The summed E-state index contributed by atoms with van der Waals surface area (Å²) < 4.78 is 13.2. The molecule has 1 aliphatic rings. The van der Waals surface area contributed by atoms with Crippen molar-refractivity contribution in [2.45, 2.75) is 19.8 Å². The highest BCUT2D eigenvalue weighted by atomic mass is 19.1. The molecule has 0 unspecified atom stereocenters. The lowest BCUT2D eigenvalue weighted by Crippen LogP contribution is -2.33. The SMILES string of the molecule is CCC(=O)N1CC=C(c2c[nH]c3cc(F)ccc23)CC1. The van der Waals surface area contributed by atoms with Gasteiger partial charge in [-0.1, -0.05) is 13.0 Å². The Kier molecular flexibility index (Phi) is 3.30. The zero-order chi connectivity index (χ0) is 14.1. The van der Waals surface area contributed by atoms with Crippen LogP contribution in [0.3, 0.4) is 0 Å². The molecule has 1 aromatic carbocycles. The fourth-order valence-electron chi connectivity index (χ4n) is 2.73. The Morgan fingerprint density at radius 3 is 3.00 bits per heavy atom. The fourth-order valence-corrected chi connectivity index (χ4v) is 2.73. The van der Waals surface area contributed by atoms with Crippen molar-refractivity contribution >= 4 is 22.4 Å². The summed E-state index contributed by atoms with van der Waals surface area (Å²) in [4.78, 5) is 16.6. The highest BCUT2D eigenvalue weighted by Crippen LogP contribution is 2.29. The number of aromatic amines is 1. The van der Waals surface area contributed by atoms with E-state index in [9.17, 15) is 9.18 Å². The molecule has 4 heteroatoms. The highest BCUT2D eigenvalue weighted by Gasteiger charge is 2.18. The first-order chi connectivity index (χ1) is 9.69. The summed E-state index contributed by atoms with van der Waals surface area (Å²) in [7, 11) is 0. The molecule has 1 amide bonds. The molecule has 0 saturated carbocycles. The lowest BCUT2D eigenvalue weighted by Gasteiger charge is -2.26. The molecule has 0 aliphatic carbocycles. The second kappa shape index (κ2) is 5.12. The largest absolute Gasteiger partial charge is 0.360 e. The zero-order valence-corrected chi connectivity index (χ0v) is 11.4. The third kappa shape index (κ3) is 2.22. The molecule has 0 saturated heterocycles. The van der Waals surface area contributed by atoms with Crippen LogP contribution >= 0.6 is 0 Å². The van der Waals surface area contributed by atoms with Gasteiger partial charge in [0.25, 0.3) is 0 Å². The lowest BCUT2D eigenvalue weighted by atomic mass is 9.99. The van der Waals surface area contributed by atoms with Crippen LogP contribution in [0.4, 0.5) is 4.39 Å². The summed E-state index contributed by atoms with van der Waals surface area (Å²) >= 11 is 0. The topological polar surface area (TPSA) is 36.1 Å². The average molecular weight is 272 g/mol. The average Bonchev–Trinajstić information content (AvgIpc) is 2.89. The van der Waals surface area contributed by atoms with E-state index in [0.717, 1.165) is 29.4 Å². The third-order valence-electron chi connectivity index (χ3n) is 3.85. The summed E-state index contributed by atoms with van der Waals surface area (Å²) in [6.07, 6.45) is 5.42. The van der Waals surface area contributed by atoms with Crippen LogP contribution in [-0.2, 0) is 4.79 Å². The molecule has 2 aromatic rings. The third-order valence-corrected chi connectivity index (χ3v) is 3.85. The Balaban J connectivity index is 1.89. The molecule has 1 aromatic heterocycles. The van der Waals surface area contributed by atoms with Crippen molar-refractivity contribution in [1.29, 1.82) is 0 Å². The number of hydrogen-bond acceptors (Lipinski definition) is 1. The molecular formula is C16H17FN2O. The van der Waals surface area contributed by atoms with Crippen molar-refractivity contribution in [3.8, 4) is 0 Å². The normalized spacial score (nSPS) is 15.5. The summed E-state index contributed by atoms with van der Waals surface area (Å²) in [5, 5.41) is 1.04. The maximum atomic E-state index is 13.2. The Morgan fingerprint density at radius 1 is 1.45 bits per heavy atom. The van der Waals surface area contributed by atoms with E-state index < -0.39 is 0 Å². The number of fused-ring (bicyclic) bond motifs is 1. The minimum atomic E-state index is -0.233. The standard InChI is InChI=1S/C16H17FN2O/c1-2-16(20)19-7-5-11(6-8-19)14-10-18-15-9-12(17)3-4-13(14)15/h3-5,9-10,18H,2,6-8H2,1H3. The quantitative estimate of drug-likeness (QED) is 0.894. The first-order valence-electron chi connectivity index (χ1n) is 6.93. The van der Waals surface area contributed by atoms with Gasteiger partial charge < -0.3 is 9.88 Å². The van der Waals surface area contributed by atoms with Gasteiger partial charge in [0.2, 0.25) is 5.91 Å². The number of nitrogens with one attached hydrogen (secondary N) is 1. The van der Waals surface area contributed by atoms with Crippen molar-refractivity contribution in [1.82, 2.24) is 9.88 Å². The second-order valence-electron chi connectivity index (χ2n) is 5.06. The number of carbonyl (C=O) groups is 1. The van der Waals surface area contributed by atoms with E-state index in [1.165, 1.54) is 17.7 Å². The number of carbonyl (C=O) groups excluding carboxylic acids is 1. The molecule has 3 nitrogen and oxygen atoms in total. The van der Waals surface area contributed by atoms with Crippen LogP contribution in [0.15, 0.2) is 30.5 Å². The van der Waals surface area contributed by atoms with Crippen LogP contribution in [0.2, 0.25) is 0 Å². The summed E-state index contributed by atoms with van der Waals surface area (Å²) in [5.74, 6) is -0.0375. The van der Waals surface area contributed by atoms with Gasteiger partial charge in [-0.2, -0.15) is 0 Å². The predicted molar refractivity (Wildman–Crippen MR) is 77.7 cm³/mol. The number of benzene rings is 1. The zero-order valence-electron chi connectivity index (χ0n) is 11.4. The van der Waals surface area contributed by atoms with Gasteiger partial charge in [0.15, 0.2) is 0 Å². The molecule has 104 valence electrons. The molecule has 0 radical (unpaired) electrons. The van der Waals surface area contributed by atoms with E-state index in [1.807, 2.05) is 18.0 Å². The molecule has 0 atom stereocenters. The predicted octanol–water partition coefficient (Wildman–Crippen LogP) is 3.33. The Morgan fingerprint density at radius 2 is 2.30 bits per heavy atom. The number of H-pyrrole nitrogens is 1. The van der Waals surface area contributed by atoms with Crippen LogP contribution < -0.4 is 0 Å². The van der Waals surface area contributed by atoms with Crippen LogP contribution in [-0.4, -0.2) is 28.9 Å². The molecule has 0 fully saturated rings. The number of amides is 1. The Labute approximate surface area is 117 Å². The summed E-state index contributed by atoms with van der Waals surface area (Å²) in [6, 6.07) is 4.80. The summed E-state index contributed by atoms with van der Waals surface area (Å²) in [6.45, 7) is 3.30. The van der Waals surface area contributed by atoms with Gasteiger partial charge in [-0.15, -0.1) is 0 Å². The molecular weight excluding hydrogens is 255 g/mol. The van der Waals surface area contributed by atoms with E-state index in [1.54, 1.807) is 6.07 Å². The Hall–Kier alpha value is -2.10. The molecule has 0 bridgehead atoms. The van der Waals surface area contributed by atoms with Gasteiger partial charge in [-0.3, -0.25) is 4.79 Å². The minimum absolute atomic E-state index is 0.196. The van der Waals surface area contributed by atoms with Gasteiger partial charge in [0.1, 0.15) is 5.82 Å². The van der Waals surface area contributed by atoms with E-state index in [2.05, 4.69) is 11.1 Å². The van der Waals surface area contributed by atoms with Crippen LogP contribution in [0.1, 0.15) is 25.3 Å². The number of rotatable bonds is 2. The van der Waals surface area contributed by atoms with Crippen molar-refractivity contribution in [2.75, 3.05) is 13.1 Å². The van der Waals surface area contributed by atoms with Crippen molar-refractivity contribution in [2.24, 2.45) is 0 Å². The van der Waals surface area contributed by atoms with Gasteiger partial charge in [0, 0.05) is 42.2 Å². The van der Waals surface area contributed by atoms with E-state index >= 15 is 0 Å². The molecule has 20 heavy (non-hydrogen) atoms. The van der Waals surface area contributed by atoms with Crippen molar-refractivity contribution in [3.05, 3.63) is 41.9 Å². The van der Waals surface area contributed by atoms with Gasteiger partial charge in [0.05, 0.1) is 0 Å². The minimum Gasteiger partial charge on any atom is -0.360 e. The number of halogens is 1. The molecule has 3 rings (SSSR count). The van der Waals surface area contributed by atoms with Crippen LogP contribution in [0.25, 0.3) is 16.5 Å². The first kappa shape index (κ1) is 12.9. The number of hydrogen-bond donors (Lipinski definition) is 1. The van der Waals surface area contributed by atoms with Crippen molar-refractivity contribution in [3.63, 3.8) is 0 Å². The van der Waals surface area contributed by atoms with Crippen LogP contribution in [0.5, 0.6) is 0 Å². The van der Waals surface area contributed by atoms with Gasteiger partial charge in [-0.25, -0.2) is 4.39 Å². The number of nitrogens with zero attached hydrogens (tertiary/aromatic N) is 1. The highest BCUT2D eigenvalue weighted by molar-refractivity contribution is 5.93. The second-order valence-corrected chi connectivity index (χ2v) is 5.06. The molecule has 1 aliphatic heterocycles. The first-order valence-corrected chi connectivity index (χ1v) is 6.93. The Bertz CT molecular complexity index is 687. The summed E-state index contributed by atoms with van der Waals surface area (Å²) in [5.41, 5.74) is 3.15. The van der Waals surface area contributed by atoms with E-state index in [0.29, 0.717) is 13.0 Å². The lowest BCUT2D eigenvalue weighted by molar-refractivity contribution is -0.130. The van der Waals surface area contributed by atoms with Gasteiger partial charge in [-0.05, 0) is 30.2 Å². The fraction of sp³-hybridized carbons (Fsp3) is 0.312. The smallest absolute Gasteiger partial charge is 0.222 e. The molecule has 0 spiro atoms. The van der Waals surface area contributed by atoms with E-state index in [4.69, 9.17) is 0 Å². The van der Waals surface area contributed by atoms with Gasteiger partial charge >= 0.3 is 0 Å². The molecule has 1 N–H and O–H groups in total. The number of aromatic nitrogens is 1.